The number of nitrogens with zero attached hydrogens (tertiary/aromatic N) is 1. The molecule has 1 nitrogen and oxygen atoms in total. The zero-order valence-electron chi connectivity index (χ0n) is 13.7. The van der Waals surface area contributed by atoms with Gasteiger partial charge in [0, 0.05) is 16.6 Å². The number of aromatic nitrogens is 1. The highest BCUT2D eigenvalue weighted by molar-refractivity contribution is 6.12. The van der Waals surface area contributed by atoms with Crippen molar-refractivity contribution in [2.45, 2.75) is 6.92 Å². The van der Waals surface area contributed by atoms with Crippen molar-refractivity contribution in [1.29, 1.82) is 0 Å². The van der Waals surface area contributed by atoms with Gasteiger partial charge in [0.05, 0.1) is 11.2 Å². The second-order valence-corrected chi connectivity index (χ2v) is 5.85. The molecule has 0 aliphatic rings. The first kappa shape index (κ1) is 14.5. The minimum Gasteiger partial charge on any atom is -0.309 e. The summed E-state index contributed by atoms with van der Waals surface area (Å²) in [4.78, 5) is 0. The van der Waals surface area contributed by atoms with Gasteiger partial charge in [0.25, 0.3) is 0 Å². The molecular weight excluding hydrogens is 290 g/mol. The highest BCUT2D eigenvalue weighted by Gasteiger charge is 2.16. The van der Waals surface area contributed by atoms with E-state index < -0.39 is 0 Å². The van der Waals surface area contributed by atoms with Gasteiger partial charge in [-0.25, -0.2) is 0 Å². The van der Waals surface area contributed by atoms with Gasteiger partial charge in [0.1, 0.15) is 0 Å². The monoisotopic (exact) mass is 309 g/mol. The first-order chi connectivity index (χ1) is 11.8. The molecule has 0 bridgehead atoms. The van der Waals surface area contributed by atoms with Crippen LogP contribution in [0.15, 0.2) is 79.4 Å². The topological polar surface area (TPSA) is 4.93 Å². The van der Waals surface area contributed by atoms with E-state index in [1.807, 2.05) is 12.1 Å². The number of fused-ring (bicyclic) bond motifs is 3. The summed E-state index contributed by atoms with van der Waals surface area (Å²) in [5, 5.41) is 3.82. The fraction of sp³-hybridized carbons (Fsp3) is 0.0435. The van der Waals surface area contributed by atoms with E-state index in [1.165, 1.54) is 27.2 Å². The van der Waals surface area contributed by atoms with Crippen LogP contribution in [0.5, 0.6) is 0 Å². The normalized spacial score (nSPS) is 11.5. The van der Waals surface area contributed by atoms with E-state index in [4.69, 9.17) is 0 Å². The molecule has 0 N–H and O–H groups in total. The smallest absolute Gasteiger partial charge is 0.0547 e. The summed E-state index contributed by atoms with van der Waals surface area (Å²) in [6, 6.07) is 23.4. The van der Waals surface area contributed by atoms with Crippen LogP contribution in [0.2, 0.25) is 0 Å². The minimum absolute atomic E-state index is 1.13. The van der Waals surface area contributed by atoms with Crippen LogP contribution in [0.1, 0.15) is 18.2 Å². The maximum absolute atomic E-state index is 4.08. The van der Waals surface area contributed by atoms with Gasteiger partial charge in [-0.15, -0.1) is 0 Å². The van der Waals surface area contributed by atoms with Crippen molar-refractivity contribution in [1.82, 2.24) is 4.57 Å². The summed E-state index contributed by atoms with van der Waals surface area (Å²) in [5.41, 5.74) is 4.72. The van der Waals surface area contributed by atoms with Crippen molar-refractivity contribution >= 4 is 33.8 Å². The highest BCUT2D eigenvalue weighted by Crippen LogP contribution is 2.36. The Morgan fingerprint density at radius 3 is 2.38 bits per heavy atom. The highest BCUT2D eigenvalue weighted by atomic mass is 15.0. The number of allylic oxidation sites excluding steroid dienone is 1. The van der Waals surface area contributed by atoms with Gasteiger partial charge < -0.3 is 4.57 Å². The lowest BCUT2D eigenvalue weighted by atomic mass is 10.0. The van der Waals surface area contributed by atoms with Gasteiger partial charge in [-0.1, -0.05) is 67.3 Å². The molecule has 1 heteroatoms. The molecule has 0 amide bonds. The van der Waals surface area contributed by atoms with Crippen molar-refractivity contribution in [3.8, 4) is 5.69 Å². The number of benzene rings is 3. The number of para-hydroxylation sites is 1. The molecule has 24 heavy (non-hydrogen) atoms. The molecule has 4 aromatic rings. The van der Waals surface area contributed by atoms with Crippen molar-refractivity contribution < 1.29 is 0 Å². The van der Waals surface area contributed by atoms with Crippen molar-refractivity contribution in [2.75, 3.05) is 0 Å². The molecule has 1 aromatic heterocycles. The lowest BCUT2D eigenvalue weighted by Crippen LogP contribution is -1.96. The van der Waals surface area contributed by atoms with E-state index in [9.17, 15) is 0 Å². The minimum atomic E-state index is 1.13. The van der Waals surface area contributed by atoms with E-state index >= 15 is 0 Å². The third kappa shape index (κ3) is 2.10. The largest absolute Gasteiger partial charge is 0.309 e. The number of hydrogen-bond acceptors (Lipinski definition) is 0. The molecule has 1 heterocycles. The molecular formula is C23H19N. The molecule has 0 fully saturated rings. The molecule has 0 spiro atoms. The third-order valence-corrected chi connectivity index (χ3v) is 4.48. The maximum Gasteiger partial charge on any atom is 0.0547 e. The van der Waals surface area contributed by atoms with Crippen LogP contribution in [0.3, 0.4) is 0 Å². The van der Waals surface area contributed by atoms with Gasteiger partial charge in [0.15, 0.2) is 0 Å². The van der Waals surface area contributed by atoms with Gasteiger partial charge in [0.2, 0.25) is 0 Å². The molecule has 0 atom stereocenters. The lowest BCUT2D eigenvalue weighted by Gasteiger charge is -2.09. The number of rotatable bonds is 3. The molecule has 0 saturated carbocycles. The summed E-state index contributed by atoms with van der Waals surface area (Å²) in [6.45, 7) is 6.14. The molecule has 0 unspecified atom stereocenters. The average molecular weight is 309 g/mol. The summed E-state index contributed by atoms with van der Waals surface area (Å²) in [6.07, 6.45) is 6.24. The fourth-order valence-electron chi connectivity index (χ4n) is 3.50. The number of hydrogen-bond donors (Lipinski definition) is 0. The molecule has 0 aliphatic carbocycles. The Morgan fingerprint density at radius 1 is 0.875 bits per heavy atom. The molecule has 0 radical (unpaired) electrons. The van der Waals surface area contributed by atoms with Gasteiger partial charge in [-0.05, 0) is 42.0 Å². The van der Waals surface area contributed by atoms with Crippen LogP contribution >= 0.6 is 0 Å². The first-order valence-corrected chi connectivity index (χ1v) is 8.22. The van der Waals surface area contributed by atoms with Gasteiger partial charge in [-0.2, -0.15) is 0 Å². The van der Waals surface area contributed by atoms with Crippen molar-refractivity contribution in [3.63, 3.8) is 0 Å². The standard InChI is InChI=1S/C23H19N/c1-3-10-20-21(4-2)24(18-12-6-5-7-13-18)22-16-15-17-11-8-9-14-19(17)23(20)22/h3-16H,2H2,1H3/b10-3-. The van der Waals surface area contributed by atoms with Crippen LogP contribution in [0.4, 0.5) is 0 Å². The molecule has 4 rings (SSSR count). The van der Waals surface area contributed by atoms with Crippen LogP contribution in [0.25, 0.3) is 39.5 Å². The average Bonchev–Trinajstić information content (AvgIpc) is 2.96. The zero-order chi connectivity index (χ0) is 16.5. The van der Waals surface area contributed by atoms with E-state index in [2.05, 4.69) is 90.9 Å². The van der Waals surface area contributed by atoms with E-state index in [1.54, 1.807) is 0 Å². The predicted molar refractivity (Wildman–Crippen MR) is 106 cm³/mol. The second kappa shape index (κ2) is 5.86. The maximum atomic E-state index is 4.08. The van der Waals surface area contributed by atoms with Gasteiger partial charge in [-0.3, -0.25) is 0 Å². The second-order valence-electron chi connectivity index (χ2n) is 5.85. The van der Waals surface area contributed by atoms with E-state index in [0.29, 0.717) is 0 Å². The third-order valence-electron chi connectivity index (χ3n) is 4.48. The Kier molecular flexibility index (Phi) is 3.55. The lowest BCUT2D eigenvalue weighted by molar-refractivity contribution is 1.11. The molecule has 116 valence electrons. The van der Waals surface area contributed by atoms with E-state index in [-0.39, 0.29) is 0 Å². The Bertz CT molecular complexity index is 1070. The Labute approximate surface area is 142 Å². The Morgan fingerprint density at radius 2 is 1.62 bits per heavy atom. The van der Waals surface area contributed by atoms with E-state index in [0.717, 1.165) is 11.4 Å². The van der Waals surface area contributed by atoms with Crippen LogP contribution in [-0.4, -0.2) is 4.57 Å². The molecule has 3 aromatic carbocycles. The zero-order valence-corrected chi connectivity index (χ0v) is 13.7. The van der Waals surface area contributed by atoms with Crippen LogP contribution in [-0.2, 0) is 0 Å². The summed E-state index contributed by atoms with van der Waals surface area (Å²) in [7, 11) is 0. The first-order valence-electron chi connectivity index (χ1n) is 8.22. The van der Waals surface area contributed by atoms with Gasteiger partial charge >= 0.3 is 0 Å². The van der Waals surface area contributed by atoms with Crippen molar-refractivity contribution in [3.05, 3.63) is 90.6 Å². The fourth-order valence-corrected chi connectivity index (χ4v) is 3.50. The SMILES string of the molecule is C=Cc1c(/C=C\C)c2c3ccccc3ccc2n1-c1ccccc1. The Hall–Kier alpha value is -3.06. The summed E-state index contributed by atoms with van der Waals surface area (Å²) >= 11 is 0. The quantitative estimate of drug-likeness (QED) is 0.409. The van der Waals surface area contributed by atoms with Crippen LogP contribution < -0.4 is 0 Å². The summed E-state index contributed by atoms with van der Waals surface area (Å²) in [5.74, 6) is 0. The molecule has 0 saturated heterocycles. The van der Waals surface area contributed by atoms with Crippen LogP contribution in [0, 0.1) is 0 Å². The molecule has 0 aliphatic heterocycles. The predicted octanol–water partition coefficient (Wildman–Crippen LogP) is 6.46. The summed E-state index contributed by atoms with van der Waals surface area (Å²) < 4.78 is 2.30. The Balaban J connectivity index is 2.24. The van der Waals surface area contributed by atoms with Crippen molar-refractivity contribution in [2.24, 2.45) is 0 Å².